The Hall–Kier alpha value is -1.49. The van der Waals surface area contributed by atoms with Gasteiger partial charge in [-0.1, -0.05) is 20.8 Å². The summed E-state index contributed by atoms with van der Waals surface area (Å²) in [6.07, 6.45) is 5.14. The molecule has 0 aromatic carbocycles. The van der Waals surface area contributed by atoms with E-state index in [9.17, 15) is 4.79 Å². The van der Waals surface area contributed by atoms with Crippen molar-refractivity contribution < 1.29 is 9.53 Å². The number of hydrogen-bond donors (Lipinski definition) is 1. The second-order valence-corrected chi connectivity index (χ2v) is 5.93. The number of amides is 1. The van der Waals surface area contributed by atoms with Gasteiger partial charge < -0.3 is 10.1 Å². The molecule has 1 unspecified atom stereocenters. The van der Waals surface area contributed by atoms with Crippen molar-refractivity contribution in [2.75, 3.05) is 13.2 Å². The van der Waals surface area contributed by atoms with E-state index in [-0.39, 0.29) is 17.4 Å². The summed E-state index contributed by atoms with van der Waals surface area (Å²) < 4.78 is 5.34. The van der Waals surface area contributed by atoms with Crippen molar-refractivity contribution in [2.24, 2.45) is 0 Å². The first-order valence-electron chi connectivity index (χ1n) is 6.68. The van der Waals surface area contributed by atoms with Crippen LogP contribution in [-0.4, -0.2) is 35.1 Å². The maximum Gasteiger partial charge on any atom is 0.254 e. The molecule has 5 nitrogen and oxygen atoms in total. The number of aromatic nitrogens is 2. The number of carbonyl (C=O) groups is 1. The Morgan fingerprint density at radius 2 is 2.05 bits per heavy atom. The molecule has 104 valence electrons. The maximum absolute atomic E-state index is 12.0. The second kappa shape index (κ2) is 5.65. The van der Waals surface area contributed by atoms with E-state index >= 15 is 0 Å². The highest BCUT2D eigenvalue weighted by Gasteiger charge is 2.20. The molecule has 0 radical (unpaired) electrons. The van der Waals surface area contributed by atoms with Gasteiger partial charge in [-0.05, 0) is 12.8 Å². The number of nitrogens with one attached hydrogen (secondary N) is 1. The van der Waals surface area contributed by atoms with Crippen LogP contribution in [0.15, 0.2) is 12.4 Å². The van der Waals surface area contributed by atoms with Gasteiger partial charge in [-0.3, -0.25) is 4.79 Å². The van der Waals surface area contributed by atoms with Crippen molar-refractivity contribution >= 4 is 5.91 Å². The number of ether oxygens (including phenoxy) is 1. The molecule has 0 saturated carbocycles. The molecule has 1 atom stereocenters. The van der Waals surface area contributed by atoms with Crippen molar-refractivity contribution in [2.45, 2.75) is 45.1 Å². The van der Waals surface area contributed by atoms with Gasteiger partial charge in [0.15, 0.2) is 0 Å². The van der Waals surface area contributed by atoms with Crippen LogP contribution in [0.4, 0.5) is 0 Å². The second-order valence-electron chi connectivity index (χ2n) is 5.93. The van der Waals surface area contributed by atoms with Crippen LogP contribution in [-0.2, 0) is 10.2 Å². The van der Waals surface area contributed by atoms with Gasteiger partial charge >= 0.3 is 0 Å². The minimum absolute atomic E-state index is 0.101. The Morgan fingerprint density at radius 3 is 2.58 bits per heavy atom. The Kier molecular flexibility index (Phi) is 4.14. The summed E-state index contributed by atoms with van der Waals surface area (Å²) in [5, 5.41) is 2.95. The highest BCUT2D eigenvalue weighted by molar-refractivity contribution is 5.93. The number of nitrogens with zero attached hydrogens (tertiary/aromatic N) is 2. The molecule has 1 saturated heterocycles. The monoisotopic (exact) mass is 263 g/mol. The average Bonchev–Trinajstić information content (AvgIpc) is 2.39. The lowest BCUT2D eigenvalue weighted by Crippen LogP contribution is -2.40. The Balaban J connectivity index is 1.99. The van der Waals surface area contributed by atoms with Gasteiger partial charge in [0.2, 0.25) is 0 Å². The molecule has 2 rings (SSSR count). The van der Waals surface area contributed by atoms with Gasteiger partial charge in [0.05, 0.1) is 18.2 Å². The molecule has 1 aromatic heterocycles. The molecule has 1 amide bonds. The fourth-order valence-electron chi connectivity index (χ4n) is 1.96. The fourth-order valence-corrected chi connectivity index (χ4v) is 1.96. The van der Waals surface area contributed by atoms with Gasteiger partial charge in [-0.15, -0.1) is 0 Å². The summed E-state index contributed by atoms with van der Waals surface area (Å²) in [6.45, 7) is 7.51. The standard InChI is InChI=1S/C14H21N3O2/c1-14(2,3)13-15-7-10(8-16-13)12(18)17-11-5-4-6-19-9-11/h7-8,11H,4-6,9H2,1-3H3,(H,17,18). The topological polar surface area (TPSA) is 64.1 Å². The quantitative estimate of drug-likeness (QED) is 0.881. The molecule has 1 fully saturated rings. The van der Waals surface area contributed by atoms with Crippen molar-refractivity contribution in [3.8, 4) is 0 Å². The normalized spacial score (nSPS) is 20.1. The first-order valence-corrected chi connectivity index (χ1v) is 6.68. The Morgan fingerprint density at radius 1 is 1.37 bits per heavy atom. The molecular formula is C14H21N3O2. The smallest absolute Gasteiger partial charge is 0.254 e. The Labute approximate surface area is 113 Å². The maximum atomic E-state index is 12.0. The van der Waals surface area contributed by atoms with Crippen LogP contribution in [0.3, 0.4) is 0 Å². The number of hydrogen-bond acceptors (Lipinski definition) is 4. The summed E-state index contributed by atoms with van der Waals surface area (Å²) in [5.74, 6) is 0.612. The van der Waals surface area contributed by atoms with Gasteiger partial charge in [-0.25, -0.2) is 9.97 Å². The van der Waals surface area contributed by atoms with E-state index in [1.807, 2.05) is 20.8 Å². The summed E-state index contributed by atoms with van der Waals surface area (Å²) in [4.78, 5) is 20.5. The molecule has 0 aliphatic carbocycles. The van der Waals surface area contributed by atoms with E-state index in [0.29, 0.717) is 12.2 Å². The van der Waals surface area contributed by atoms with E-state index in [1.54, 1.807) is 12.4 Å². The molecule has 2 heterocycles. The third kappa shape index (κ3) is 3.73. The predicted octanol–water partition coefficient (Wildman–Crippen LogP) is 1.68. The molecule has 19 heavy (non-hydrogen) atoms. The van der Waals surface area contributed by atoms with Crippen molar-refractivity contribution in [1.82, 2.24) is 15.3 Å². The average molecular weight is 263 g/mol. The van der Waals surface area contributed by atoms with Crippen molar-refractivity contribution in [3.05, 3.63) is 23.8 Å². The SMILES string of the molecule is CC(C)(C)c1ncc(C(=O)NC2CCCOC2)cn1. The zero-order valence-corrected chi connectivity index (χ0v) is 11.8. The van der Waals surface area contributed by atoms with E-state index in [2.05, 4.69) is 15.3 Å². The van der Waals surface area contributed by atoms with Crippen molar-refractivity contribution in [3.63, 3.8) is 0 Å². The van der Waals surface area contributed by atoms with E-state index < -0.39 is 0 Å². The highest BCUT2D eigenvalue weighted by Crippen LogP contribution is 2.17. The summed E-state index contributed by atoms with van der Waals surface area (Å²) in [6, 6.07) is 0.101. The molecule has 1 aliphatic heterocycles. The Bertz CT molecular complexity index is 431. The third-order valence-corrected chi connectivity index (χ3v) is 3.08. The zero-order chi connectivity index (χ0) is 13.9. The lowest BCUT2D eigenvalue weighted by Gasteiger charge is -2.23. The van der Waals surface area contributed by atoms with Crippen LogP contribution in [0.25, 0.3) is 0 Å². The highest BCUT2D eigenvalue weighted by atomic mass is 16.5. The van der Waals surface area contributed by atoms with Gasteiger partial charge in [0.1, 0.15) is 5.82 Å². The van der Waals surface area contributed by atoms with Crippen molar-refractivity contribution in [1.29, 1.82) is 0 Å². The van der Waals surface area contributed by atoms with Crippen LogP contribution in [0, 0.1) is 0 Å². The lowest BCUT2D eigenvalue weighted by atomic mass is 9.96. The molecule has 1 N–H and O–H groups in total. The zero-order valence-electron chi connectivity index (χ0n) is 11.8. The molecule has 5 heteroatoms. The van der Waals surface area contributed by atoms with Crippen LogP contribution in [0.2, 0.25) is 0 Å². The molecule has 1 aromatic rings. The van der Waals surface area contributed by atoms with E-state index in [0.717, 1.165) is 25.3 Å². The predicted molar refractivity (Wildman–Crippen MR) is 72.0 cm³/mol. The first kappa shape index (κ1) is 13.9. The summed E-state index contributed by atoms with van der Waals surface area (Å²) in [5.41, 5.74) is 0.394. The van der Waals surface area contributed by atoms with Crippen LogP contribution in [0.1, 0.15) is 49.8 Å². The van der Waals surface area contributed by atoms with Gasteiger partial charge in [0.25, 0.3) is 5.91 Å². The number of carbonyl (C=O) groups excluding carboxylic acids is 1. The van der Waals surface area contributed by atoms with E-state index in [1.165, 1.54) is 0 Å². The van der Waals surface area contributed by atoms with Crippen LogP contribution < -0.4 is 5.32 Å². The largest absolute Gasteiger partial charge is 0.379 e. The molecule has 0 bridgehead atoms. The van der Waals surface area contributed by atoms with Gasteiger partial charge in [-0.2, -0.15) is 0 Å². The minimum atomic E-state index is -0.129. The number of rotatable bonds is 2. The summed E-state index contributed by atoms with van der Waals surface area (Å²) >= 11 is 0. The molecule has 1 aliphatic rings. The lowest BCUT2D eigenvalue weighted by molar-refractivity contribution is 0.0623. The third-order valence-electron chi connectivity index (χ3n) is 3.08. The molecular weight excluding hydrogens is 242 g/mol. The van der Waals surface area contributed by atoms with Crippen LogP contribution in [0.5, 0.6) is 0 Å². The van der Waals surface area contributed by atoms with Gasteiger partial charge in [0, 0.05) is 24.4 Å². The fraction of sp³-hybridized carbons (Fsp3) is 0.643. The van der Waals surface area contributed by atoms with Crippen LogP contribution >= 0.6 is 0 Å². The minimum Gasteiger partial charge on any atom is -0.379 e. The molecule has 0 spiro atoms. The summed E-state index contributed by atoms with van der Waals surface area (Å²) in [7, 11) is 0. The van der Waals surface area contributed by atoms with E-state index in [4.69, 9.17) is 4.74 Å². The first-order chi connectivity index (χ1) is 8.97.